The lowest BCUT2D eigenvalue weighted by atomic mass is 10.2. The normalized spacial score (nSPS) is 8.60. The maximum Gasteiger partial charge on any atom is 0.0531 e. The van der Waals surface area contributed by atoms with E-state index in [4.69, 9.17) is 5.53 Å². The maximum atomic E-state index is 8.35. The van der Waals surface area contributed by atoms with E-state index in [2.05, 4.69) is 27.2 Å². The van der Waals surface area contributed by atoms with Crippen molar-refractivity contribution in [2.45, 2.75) is 6.42 Å². The second kappa shape index (κ2) is 6.50. The van der Waals surface area contributed by atoms with Crippen LogP contribution in [0.3, 0.4) is 0 Å². The highest BCUT2D eigenvalue weighted by atomic mass is 15.1. The Labute approximate surface area is 88.9 Å². The van der Waals surface area contributed by atoms with Crippen molar-refractivity contribution in [1.29, 1.82) is 0 Å². The molecule has 0 bridgehead atoms. The van der Waals surface area contributed by atoms with Gasteiger partial charge in [-0.3, -0.25) is 0 Å². The molecule has 4 nitrogen and oxygen atoms in total. The predicted molar refractivity (Wildman–Crippen MR) is 60.7 cm³/mol. The zero-order valence-electron chi connectivity index (χ0n) is 8.57. The average Bonchev–Trinajstić information content (AvgIpc) is 2.27. The van der Waals surface area contributed by atoms with Gasteiger partial charge in [-0.1, -0.05) is 35.2 Å². The third-order valence-electron chi connectivity index (χ3n) is 1.78. The van der Waals surface area contributed by atoms with Crippen molar-refractivity contribution in [3.05, 3.63) is 40.3 Å². The summed E-state index contributed by atoms with van der Waals surface area (Å²) in [6, 6.07) is 7.29. The van der Waals surface area contributed by atoms with E-state index in [0.29, 0.717) is 5.69 Å². The number of rotatable bonds is 3. The monoisotopic (exact) mass is 200 g/mol. The van der Waals surface area contributed by atoms with Crippen molar-refractivity contribution in [2.24, 2.45) is 5.11 Å². The molecular weight excluding hydrogens is 188 g/mol. The van der Waals surface area contributed by atoms with Crippen molar-refractivity contribution >= 4 is 5.69 Å². The SMILES string of the molecule is CNCCC#Cc1ccccc1N=[N+]=[N-]. The first-order chi connectivity index (χ1) is 7.38. The third kappa shape index (κ3) is 3.74. The van der Waals surface area contributed by atoms with E-state index in [9.17, 15) is 0 Å². The van der Waals surface area contributed by atoms with Crippen LogP contribution in [0.1, 0.15) is 12.0 Å². The largest absolute Gasteiger partial charge is 0.319 e. The summed E-state index contributed by atoms with van der Waals surface area (Å²) in [5.41, 5.74) is 9.70. The molecule has 0 aliphatic rings. The smallest absolute Gasteiger partial charge is 0.0531 e. The minimum absolute atomic E-state index is 0.581. The van der Waals surface area contributed by atoms with Gasteiger partial charge in [-0.2, -0.15) is 0 Å². The summed E-state index contributed by atoms with van der Waals surface area (Å²) < 4.78 is 0. The fourth-order valence-corrected chi connectivity index (χ4v) is 1.06. The molecule has 1 aromatic rings. The molecule has 1 rings (SSSR count). The van der Waals surface area contributed by atoms with Crippen LogP contribution < -0.4 is 5.32 Å². The average molecular weight is 200 g/mol. The van der Waals surface area contributed by atoms with E-state index < -0.39 is 0 Å². The Kier molecular flexibility index (Phi) is 4.82. The summed E-state index contributed by atoms with van der Waals surface area (Å²) in [6.45, 7) is 0.858. The molecule has 0 aromatic heterocycles. The van der Waals surface area contributed by atoms with Gasteiger partial charge in [0.05, 0.1) is 5.69 Å². The highest BCUT2D eigenvalue weighted by molar-refractivity contribution is 5.54. The number of nitrogens with zero attached hydrogens (tertiary/aromatic N) is 3. The molecule has 0 atom stereocenters. The van der Waals surface area contributed by atoms with E-state index in [1.165, 1.54) is 0 Å². The number of azide groups is 1. The molecule has 76 valence electrons. The van der Waals surface area contributed by atoms with Crippen molar-refractivity contribution < 1.29 is 0 Å². The van der Waals surface area contributed by atoms with Gasteiger partial charge >= 0.3 is 0 Å². The lowest BCUT2D eigenvalue weighted by molar-refractivity contribution is 0.818. The number of hydrogen-bond acceptors (Lipinski definition) is 2. The van der Waals surface area contributed by atoms with Gasteiger partial charge in [-0.25, -0.2) is 0 Å². The number of benzene rings is 1. The molecule has 0 aliphatic carbocycles. The summed E-state index contributed by atoms with van der Waals surface area (Å²) in [7, 11) is 1.88. The Hall–Kier alpha value is -1.95. The van der Waals surface area contributed by atoms with Gasteiger partial charge in [0.25, 0.3) is 0 Å². The highest BCUT2D eigenvalue weighted by Crippen LogP contribution is 2.17. The minimum Gasteiger partial charge on any atom is -0.319 e. The van der Waals surface area contributed by atoms with Gasteiger partial charge in [0, 0.05) is 23.4 Å². The maximum absolute atomic E-state index is 8.35. The first-order valence-electron chi connectivity index (χ1n) is 4.66. The van der Waals surface area contributed by atoms with Gasteiger partial charge in [0.2, 0.25) is 0 Å². The summed E-state index contributed by atoms with van der Waals surface area (Å²) in [5.74, 6) is 5.98. The molecule has 0 radical (unpaired) electrons. The molecule has 0 aliphatic heterocycles. The lowest BCUT2D eigenvalue weighted by Crippen LogP contribution is -2.05. The summed E-state index contributed by atoms with van der Waals surface area (Å²) in [4.78, 5) is 2.76. The zero-order chi connectivity index (χ0) is 10.9. The molecule has 1 aromatic carbocycles. The zero-order valence-corrected chi connectivity index (χ0v) is 8.57. The Bertz CT molecular complexity index is 422. The standard InChI is InChI=1S/C11H12N4/c1-13-9-5-4-7-10-6-2-3-8-11(10)14-15-12/h2-3,6,8,13H,5,9H2,1H3. The number of hydrogen-bond donors (Lipinski definition) is 1. The molecule has 1 N–H and O–H groups in total. The molecule has 15 heavy (non-hydrogen) atoms. The van der Waals surface area contributed by atoms with Crippen LogP contribution in [0.25, 0.3) is 10.4 Å². The Balaban J connectivity index is 2.82. The van der Waals surface area contributed by atoms with Crippen molar-refractivity contribution in [3.8, 4) is 11.8 Å². The molecule has 0 saturated heterocycles. The van der Waals surface area contributed by atoms with Gasteiger partial charge in [-0.15, -0.1) is 0 Å². The van der Waals surface area contributed by atoms with E-state index in [0.717, 1.165) is 18.5 Å². The molecule has 0 amide bonds. The molecule has 0 unspecified atom stereocenters. The van der Waals surface area contributed by atoms with Gasteiger partial charge in [-0.05, 0) is 18.6 Å². The first-order valence-corrected chi connectivity index (χ1v) is 4.66. The summed E-state index contributed by atoms with van der Waals surface area (Å²) >= 11 is 0. The minimum atomic E-state index is 0.581. The Morgan fingerprint density at radius 2 is 2.27 bits per heavy atom. The molecular formula is C11H12N4. The van der Waals surface area contributed by atoms with Crippen LogP contribution >= 0.6 is 0 Å². The quantitative estimate of drug-likeness (QED) is 0.263. The summed E-state index contributed by atoms with van der Waals surface area (Å²) in [6.07, 6.45) is 0.779. The Morgan fingerprint density at radius 1 is 1.47 bits per heavy atom. The third-order valence-corrected chi connectivity index (χ3v) is 1.78. The van der Waals surface area contributed by atoms with Crippen LogP contribution in [0.15, 0.2) is 29.4 Å². The fourth-order valence-electron chi connectivity index (χ4n) is 1.06. The summed E-state index contributed by atoms with van der Waals surface area (Å²) in [5, 5.41) is 6.58. The molecule has 0 heterocycles. The molecule has 0 spiro atoms. The second-order valence-electron chi connectivity index (χ2n) is 2.86. The molecule has 0 saturated carbocycles. The van der Waals surface area contributed by atoms with Crippen LogP contribution in [-0.4, -0.2) is 13.6 Å². The first kappa shape index (κ1) is 11.1. The van der Waals surface area contributed by atoms with Crippen molar-refractivity contribution in [2.75, 3.05) is 13.6 Å². The van der Waals surface area contributed by atoms with E-state index in [1.54, 1.807) is 6.07 Å². The van der Waals surface area contributed by atoms with Crippen molar-refractivity contribution in [3.63, 3.8) is 0 Å². The van der Waals surface area contributed by atoms with Crippen LogP contribution in [0.2, 0.25) is 0 Å². The van der Waals surface area contributed by atoms with Crippen LogP contribution in [0, 0.1) is 11.8 Å². The highest BCUT2D eigenvalue weighted by Gasteiger charge is 1.93. The lowest BCUT2D eigenvalue weighted by Gasteiger charge is -1.94. The van der Waals surface area contributed by atoms with Crippen LogP contribution in [-0.2, 0) is 0 Å². The fraction of sp³-hybridized carbons (Fsp3) is 0.273. The van der Waals surface area contributed by atoms with Crippen LogP contribution in [0.5, 0.6) is 0 Å². The second-order valence-corrected chi connectivity index (χ2v) is 2.86. The van der Waals surface area contributed by atoms with Crippen molar-refractivity contribution in [1.82, 2.24) is 5.32 Å². The topological polar surface area (TPSA) is 60.8 Å². The number of nitrogens with one attached hydrogen (secondary N) is 1. The molecule has 0 fully saturated rings. The van der Waals surface area contributed by atoms with Gasteiger partial charge < -0.3 is 5.32 Å². The van der Waals surface area contributed by atoms with Crippen LogP contribution in [0.4, 0.5) is 5.69 Å². The predicted octanol–water partition coefficient (Wildman–Crippen LogP) is 2.59. The van der Waals surface area contributed by atoms with E-state index >= 15 is 0 Å². The van der Waals surface area contributed by atoms with E-state index in [1.807, 2.05) is 25.2 Å². The molecule has 4 heteroatoms. The van der Waals surface area contributed by atoms with Gasteiger partial charge in [0.15, 0.2) is 0 Å². The Morgan fingerprint density at radius 3 is 3.00 bits per heavy atom. The van der Waals surface area contributed by atoms with Gasteiger partial charge in [0.1, 0.15) is 0 Å². The van der Waals surface area contributed by atoms with E-state index in [-0.39, 0.29) is 0 Å².